The Balaban J connectivity index is 1.72. The minimum absolute atomic E-state index is 0.0279. The van der Waals surface area contributed by atoms with E-state index in [1.165, 1.54) is 18.1 Å². The van der Waals surface area contributed by atoms with E-state index in [1.54, 1.807) is 23.6 Å². The van der Waals surface area contributed by atoms with Gasteiger partial charge in [0.2, 0.25) is 0 Å². The second-order valence-electron chi connectivity index (χ2n) is 4.90. The molecule has 0 N–H and O–H groups in total. The second kappa shape index (κ2) is 7.04. The Morgan fingerprint density at radius 1 is 1.23 bits per heavy atom. The van der Waals surface area contributed by atoms with Crippen molar-refractivity contribution in [3.05, 3.63) is 76.6 Å². The molecule has 3 aromatic rings. The van der Waals surface area contributed by atoms with Crippen LogP contribution in [0.5, 0.6) is 0 Å². The van der Waals surface area contributed by atoms with E-state index in [2.05, 4.69) is 17.1 Å². The Labute approximate surface area is 133 Å². The van der Waals surface area contributed by atoms with Crippen molar-refractivity contribution < 1.29 is 9.21 Å². The predicted octanol–water partition coefficient (Wildman–Crippen LogP) is 3.62. The van der Waals surface area contributed by atoms with Crippen LogP contribution in [0.1, 0.15) is 20.9 Å². The summed E-state index contributed by atoms with van der Waals surface area (Å²) in [6, 6.07) is 11.9. The third-order valence-corrected chi connectivity index (χ3v) is 4.14. The van der Waals surface area contributed by atoms with E-state index >= 15 is 0 Å². The minimum atomic E-state index is -0.0279. The van der Waals surface area contributed by atoms with E-state index in [0.29, 0.717) is 18.7 Å². The Bertz CT molecular complexity index is 694. The zero-order chi connectivity index (χ0) is 15.2. The van der Waals surface area contributed by atoms with Crippen LogP contribution in [0.2, 0.25) is 0 Å². The van der Waals surface area contributed by atoms with Crippen molar-refractivity contribution in [2.75, 3.05) is 6.54 Å². The largest absolute Gasteiger partial charge is 0.472 e. The molecule has 0 aliphatic rings. The molecule has 112 valence electrons. The summed E-state index contributed by atoms with van der Waals surface area (Å²) in [4.78, 5) is 18.7. The van der Waals surface area contributed by atoms with Crippen molar-refractivity contribution in [1.29, 1.82) is 0 Å². The van der Waals surface area contributed by atoms with Gasteiger partial charge in [-0.2, -0.15) is 0 Å². The first-order valence-electron chi connectivity index (χ1n) is 7.07. The Hall–Kier alpha value is -2.40. The summed E-state index contributed by atoms with van der Waals surface area (Å²) < 4.78 is 5.02. The molecular formula is C17H16N2O2S. The number of thiazole rings is 1. The fourth-order valence-corrected chi connectivity index (χ4v) is 2.86. The van der Waals surface area contributed by atoms with E-state index in [-0.39, 0.29) is 5.91 Å². The van der Waals surface area contributed by atoms with Crippen LogP contribution in [0, 0.1) is 0 Å². The van der Waals surface area contributed by atoms with E-state index < -0.39 is 0 Å². The molecule has 1 aromatic carbocycles. The molecule has 0 radical (unpaired) electrons. The molecule has 0 aliphatic heterocycles. The molecule has 0 bridgehead atoms. The molecule has 0 spiro atoms. The maximum atomic E-state index is 12.6. The molecule has 0 aliphatic carbocycles. The number of nitrogens with zero attached hydrogens (tertiary/aromatic N) is 2. The van der Waals surface area contributed by atoms with Gasteiger partial charge in [0.05, 0.1) is 18.4 Å². The predicted molar refractivity (Wildman–Crippen MR) is 85.7 cm³/mol. The lowest BCUT2D eigenvalue weighted by Gasteiger charge is -2.21. The summed E-state index contributed by atoms with van der Waals surface area (Å²) in [7, 11) is 0. The molecule has 0 atom stereocenters. The van der Waals surface area contributed by atoms with Crippen LogP contribution in [0.4, 0.5) is 0 Å². The highest BCUT2D eigenvalue weighted by Gasteiger charge is 2.18. The Morgan fingerprint density at radius 2 is 2.09 bits per heavy atom. The van der Waals surface area contributed by atoms with Gasteiger partial charge in [-0.05, 0) is 18.1 Å². The van der Waals surface area contributed by atoms with Crippen molar-refractivity contribution >= 4 is 17.2 Å². The molecule has 22 heavy (non-hydrogen) atoms. The molecule has 0 saturated carbocycles. The van der Waals surface area contributed by atoms with Crippen LogP contribution in [-0.4, -0.2) is 22.3 Å². The lowest BCUT2D eigenvalue weighted by molar-refractivity contribution is 0.0744. The highest BCUT2D eigenvalue weighted by atomic mass is 32.1. The maximum Gasteiger partial charge on any atom is 0.257 e. The van der Waals surface area contributed by atoms with E-state index in [4.69, 9.17) is 4.42 Å². The third kappa shape index (κ3) is 3.62. The van der Waals surface area contributed by atoms with Gasteiger partial charge in [0.15, 0.2) is 0 Å². The fraction of sp³-hybridized carbons (Fsp3) is 0.176. The number of furan rings is 1. The summed E-state index contributed by atoms with van der Waals surface area (Å²) in [5.41, 5.74) is 1.79. The van der Waals surface area contributed by atoms with Crippen LogP contribution in [0.25, 0.3) is 0 Å². The van der Waals surface area contributed by atoms with Crippen molar-refractivity contribution in [3.8, 4) is 0 Å². The number of carbonyl (C=O) groups excluding carboxylic acids is 1. The average molecular weight is 312 g/mol. The normalized spacial score (nSPS) is 10.5. The number of hydrogen-bond acceptors (Lipinski definition) is 4. The van der Waals surface area contributed by atoms with Gasteiger partial charge in [0.25, 0.3) is 5.91 Å². The van der Waals surface area contributed by atoms with Gasteiger partial charge in [-0.25, -0.2) is 4.98 Å². The van der Waals surface area contributed by atoms with Gasteiger partial charge in [0.1, 0.15) is 11.3 Å². The van der Waals surface area contributed by atoms with Gasteiger partial charge in [-0.1, -0.05) is 30.3 Å². The second-order valence-corrected chi connectivity index (χ2v) is 5.88. The quantitative estimate of drug-likeness (QED) is 0.698. The number of aromatic nitrogens is 1. The third-order valence-electron chi connectivity index (χ3n) is 3.38. The smallest absolute Gasteiger partial charge is 0.257 e. The lowest BCUT2D eigenvalue weighted by atomic mass is 10.1. The highest BCUT2D eigenvalue weighted by molar-refractivity contribution is 7.09. The molecule has 1 amide bonds. The zero-order valence-corrected chi connectivity index (χ0v) is 12.8. The number of carbonyl (C=O) groups is 1. The fourth-order valence-electron chi connectivity index (χ4n) is 2.22. The molecule has 4 nitrogen and oxygen atoms in total. The SMILES string of the molecule is O=C(c1ccoc1)N(CCc1ccccc1)Cc1nccs1. The summed E-state index contributed by atoms with van der Waals surface area (Å²) in [5.74, 6) is -0.0279. The summed E-state index contributed by atoms with van der Waals surface area (Å²) in [5, 5.41) is 2.86. The highest BCUT2D eigenvalue weighted by Crippen LogP contribution is 2.13. The number of amides is 1. The van der Waals surface area contributed by atoms with Gasteiger partial charge < -0.3 is 9.32 Å². The van der Waals surface area contributed by atoms with Crippen molar-refractivity contribution in [3.63, 3.8) is 0 Å². The molecule has 0 saturated heterocycles. The average Bonchev–Trinajstić information content (AvgIpc) is 3.25. The lowest BCUT2D eigenvalue weighted by Crippen LogP contribution is -2.32. The van der Waals surface area contributed by atoms with Gasteiger partial charge in [-0.3, -0.25) is 4.79 Å². The summed E-state index contributed by atoms with van der Waals surface area (Å²) in [6.07, 6.45) is 5.58. The first kappa shape index (κ1) is 14.5. The minimum Gasteiger partial charge on any atom is -0.472 e. The molecule has 3 rings (SSSR count). The molecule has 0 fully saturated rings. The zero-order valence-electron chi connectivity index (χ0n) is 12.0. The molecule has 2 aromatic heterocycles. The Kier molecular flexibility index (Phi) is 4.65. The summed E-state index contributed by atoms with van der Waals surface area (Å²) >= 11 is 1.56. The van der Waals surface area contributed by atoms with Gasteiger partial charge in [-0.15, -0.1) is 11.3 Å². The topological polar surface area (TPSA) is 46.3 Å². The standard InChI is InChI=1S/C17H16N2O2S/c20-17(15-7-10-21-13-15)19(12-16-18-8-11-22-16)9-6-14-4-2-1-3-5-14/h1-5,7-8,10-11,13H,6,9,12H2. The first-order valence-corrected chi connectivity index (χ1v) is 7.94. The van der Waals surface area contributed by atoms with Crippen LogP contribution >= 0.6 is 11.3 Å². The number of rotatable bonds is 6. The van der Waals surface area contributed by atoms with E-state index in [9.17, 15) is 4.79 Å². The number of hydrogen-bond donors (Lipinski definition) is 0. The molecule has 5 heteroatoms. The Morgan fingerprint density at radius 3 is 2.77 bits per heavy atom. The molecule has 2 heterocycles. The van der Waals surface area contributed by atoms with E-state index in [0.717, 1.165) is 11.4 Å². The van der Waals surface area contributed by atoms with Gasteiger partial charge >= 0.3 is 0 Å². The maximum absolute atomic E-state index is 12.6. The van der Waals surface area contributed by atoms with Crippen molar-refractivity contribution in [1.82, 2.24) is 9.88 Å². The van der Waals surface area contributed by atoms with Crippen molar-refractivity contribution in [2.45, 2.75) is 13.0 Å². The van der Waals surface area contributed by atoms with Crippen LogP contribution in [-0.2, 0) is 13.0 Å². The van der Waals surface area contributed by atoms with E-state index in [1.807, 2.05) is 28.5 Å². The van der Waals surface area contributed by atoms with Crippen LogP contribution in [0.3, 0.4) is 0 Å². The number of benzene rings is 1. The summed E-state index contributed by atoms with van der Waals surface area (Å²) in [6.45, 7) is 1.17. The molecular weight excluding hydrogens is 296 g/mol. The molecule has 0 unspecified atom stereocenters. The monoisotopic (exact) mass is 312 g/mol. The van der Waals surface area contributed by atoms with Crippen LogP contribution in [0.15, 0.2) is 64.9 Å². The van der Waals surface area contributed by atoms with Gasteiger partial charge in [0, 0.05) is 18.1 Å². The van der Waals surface area contributed by atoms with Crippen LogP contribution < -0.4 is 0 Å². The van der Waals surface area contributed by atoms with Crippen molar-refractivity contribution in [2.24, 2.45) is 0 Å². The first-order chi connectivity index (χ1) is 10.8.